The molecule has 25 heavy (non-hydrogen) atoms. The Balaban J connectivity index is 0.00000109. The summed E-state index contributed by atoms with van der Waals surface area (Å²) in [5, 5.41) is 0. The van der Waals surface area contributed by atoms with Crippen molar-refractivity contribution in [1.29, 1.82) is 0 Å². The van der Waals surface area contributed by atoms with Gasteiger partial charge in [0.15, 0.2) is 0 Å². The molecule has 0 saturated heterocycles. The van der Waals surface area contributed by atoms with Gasteiger partial charge in [-0.3, -0.25) is 0 Å². The molecule has 0 atom stereocenters. The molecule has 0 unspecified atom stereocenters. The van der Waals surface area contributed by atoms with E-state index in [4.69, 9.17) is 9.47 Å². The van der Waals surface area contributed by atoms with E-state index in [-0.39, 0.29) is 0 Å². The number of hydrogen-bond acceptors (Lipinski definition) is 3. The van der Waals surface area contributed by atoms with Crippen molar-refractivity contribution in [2.75, 3.05) is 19.1 Å². The van der Waals surface area contributed by atoms with Crippen LogP contribution < -0.4 is 9.64 Å². The van der Waals surface area contributed by atoms with Crippen molar-refractivity contribution in [2.45, 2.75) is 26.7 Å². The van der Waals surface area contributed by atoms with E-state index in [1.165, 1.54) is 5.70 Å². The largest absolute Gasteiger partial charge is 0.501 e. The molecule has 0 aliphatic heterocycles. The predicted octanol–water partition coefficient (Wildman–Crippen LogP) is 6.07. The fraction of sp³-hybridized carbons (Fsp3) is 0.273. The maximum Gasteiger partial charge on any atom is 0.119 e. The van der Waals surface area contributed by atoms with Crippen LogP contribution in [0.5, 0.6) is 5.75 Å². The summed E-state index contributed by atoms with van der Waals surface area (Å²) >= 11 is 0. The van der Waals surface area contributed by atoms with E-state index in [2.05, 4.69) is 53.5 Å². The lowest BCUT2D eigenvalue weighted by atomic mass is 10.1. The van der Waals surface area contributed by atoms with E-state index in [9.17, 15) is 0 Å². The van der Waals surface area contributed by atoms with Gasteiger partial charge in [-0.1, -0.05) is 32.0 Å². The first-order valence-corrected chi connectivity index (χ1v) is 8.75. The first-order valence-electron chi connectivity index (χ1n) is 8.75. The van der Waals surface area contributed by atoms with E-state index < -0.39 is 0 Å². The lowest BCUT2D eigenvalue weighted by Crippen LogP contribution is -2.18. The second-order valence-corrected chi connectivity index (χ2v) is 5.36. The van der Waals surface area contributed by atoms with Crippen molar-refractivity contribution in [3.05, 3.63) is 78.2 Å². The third kappa shape index (κ3) is 4.66. The Labute approximate surface area is 151 Å². The third-order valence-corrected chi connectivity index (χ3v) is 3.98. The summed E-state index contributed by atoms with van der Waals surface area (Å²) in [7, 11) is 3.41. The SMILES string of the molecule is CC.COC1=CC=C(N(c2ccccc2)c2ccc(OC)cc2)CC1. The van der Waals surface area contributed by atoms with Gasteiger partial charge in [0, 0.05) is 23.5 Å². The quantitative estimate of drug-likeness (QED) is 0.661. The van der Waals surface area contributed by atoms with Gasteiger partial charge in [-0.15, -0.1) is 0 Å². The molecule has 0 aromatic heterocycles. The normalized spacial score (nSPS) is 13.0. The van der Waals surface area contributed by atoms with Crippen LogP contribution in [0.25, 0.3) is 0 Å². The first-order chi connectivity index (χ1) is 12.3. The van der Waals surface area contributed by atoms with Crippen LogP contribution in [0.3, 0.4) is 0 Å². The minimum atomic E-state index is 0.862. The highest BCUT2D eigenvalue weighted by Gasteiger charge is 2.17. The maximum absolute atomic E-state index is 5.34. The summed E-state index contributed by atoms with van der Waals surface area (Å²) < 4.78 is 10.6. The van der Waals surface area contributed by atoms with Gasteiger partial charge >= 0.3 is 0 Å². The molecule has 3 heteroatoms. The average Bonchev–Trinajstić information content (AvgIpc) is 2.71. The molecule has 0 bridgehead atoms. The van der Waals surface area contributed by atoms with Crippen LogP contribution in [-0.2, 0) is 4.74 Å². The second kappa shape index (κ2) is 9.58. The molecule has 0 amide bonds. The Hall–Kier alpha value is -2.68. The van der Waals surface area contributed by atoms with Crippen LogP contribution in [-0.4, -0.2) is 14.2 Å². The van der Waals surface area contributed by atoms with Crippen LogP contribution in [0.15, 0.2) is 78.2 Å². The van der Waals surface area contributed by atoms with Crippen molar-refractivity contribution in [2.24, 2.45) is 0 Å². The van der Waals surface area contributed by atoms with Crippen molar-refractivity contribution in [1.82, 2.24) is 0 Å². The predicted molar refractivity (Wildman–Crippen MR) is 105 cm³/mol. The van der Waals surface area contributed by atoms with E-state index >= 15 is 0 Å². The van der Waals surface area contributed by atoms with Crippen molar-refractivity contribution in [3.63, 3.8) is 0 Å². The van der Waals surface area contributed by atoms with Crippen LogP contribution >= 0.6 is 0 Å². The highest BCUT2D eigenvalue weighted by atomic mass is 16.5. The number of para-hydroxylation sites is 1. The van der Waals surface area contributed by atoms with Gasteiger partial charge in [-0.25, -0.2) is 0 Å². The maximum atomic E-state index is 5.34. The van der Waals surface area contributed by atoms with Crippen LogP contribution in [0.1, 0.15) is 26.7 Å². The Morgan fingerprint density at radius 2 is 1.36 bits per heavy atom. The number of anilines is 2. The van der Waals surface area contributed by atoms with Gasteiger partial charge in [-0.05, 0) is 55.0 Å². The molecular weight excluding hydrogens is 310 g/mol. The van der Waals surface area contributed by atoms with Gasteiger partial charge in [0.25, 0.3) is 0 Å². The third-order valence-electron chi connectivity index (χ3n) is 3.98. The molecule has 3 rings (SSSR count). The standard InChI is InChI=1S/C20H21NO2.C2H6/c1-22-19-12-8-17(9-13-19)21(16-6-4-3-5-7-16)18-10-14-20(23-2)15-11-18;1-2/h3-10,12-14H,11,15H2,1-2H3;1-2H3. The molecule has 0 spiro atoms. The van der Waals surface area contributed by atoms with Crippen LogP contribution in [0, 0.1) is 0 Å². The number of hydrogen-bond donors (Lipinski definition) is 0. The molecule has 2 aromatic rings. The molecule has 0 radical (unpaired) electrons. The summed E-state index contributed by atoms with van der Waals surface area (Å²) in [4.78, 5) is 2.28. The molecule has 3 nitrogen and oxygen atoms in total. The Bertz CT molecular complexity index is 703. The molecule has 1 aliphatic rings. The van der Waals surface area contributed by atoms with Gasteiger partial charge in [0.1, 0.15) is 5.75 Å². The Morgan fingerprint density at radius 1 is 0.720 bits per heavy atom. The van der Waals surface area contributed by atoms with Crippen molar-refractivity contribution >= 4 is 11.4 Å². The number of rotatable bonds is 5. The van der Waals surface area contributed by atoms with Gasteiger partial charge in [0.05, 0.1) is 20.0 Å². The fourth-order valence-corrected chi connectivity index (χ4v) is 2.75. The van der Waals surface area contributed by atoms with Crippen molar-refractivity contribution in [3.8, 4) is 5.75 Å². The summed E-state index contributed by atoms with van der Waals surface area (Å²) in [6.07, 6.45) is 6.06. The monoisotopic (exact) mass is 337 g/mol. The molecule has 0 fully saturated rings. The smallest absolute Gasteiger partial charge is 0.119 e. The highest BCUT2D eigenvalue weighted by Crippen LogP contribution is 2.34. The summed E-state index contributed by atoms with van der Waals surface area (Å²) in [5.41, 5.74) is 3.53. The molecular formula is C22H27NO2. The van der Waals surface area contributed by atoms with E-state index in [1.54, 1.807) is 14.2 Å². The lowest BCUT2D eigenvalue weighted by molar-refractivity contribution is 0.275. The van der Waals surface area contributed by atoms with E-state index in [1.807, 2.05) is 32.0 Å². The topological polar surface area (TPSA) is 21.7 Å². The summed E-state index contributed by atoms with van der Waals surface area (Å²) in [6.45, 7) is 4.00. The van der Waals surface area contributed by atoms with Crippen LogP contribution in [0.2, 0.25) is 0 Å². The number of allylic oxidation sites excluding steroid dienone is 4. The number of ether oxygens (including phenoxy) is 2. The molecule has 0 saturated carbocycles. The zero-order valence-electron chi connectivity index (χ0n) is 15.5. The number of benzene rings is 2. The highest BCUT2D eigenvalue weighted by molar-refractivity contribution is 5.69. The molecule has 0 heterocycles. The minimum Gasteiger partial charge on any atom is -0.501 e. The van der Waals surface area contributed by atoms with E-state index in [0.717, 1.165) is 35.7 Å². The number of nitrogens with zero attached hydrogens (tertiary/aromatic N) is 1. The van der Waals surface area contributed by atoms with Crippen LogP contribution in [0.4, 0.5) is 11.4 Å². The first kappa shape index (κ1) is 18.7. The summed E-state index contributed by atoms with van der Waals surface area (Å²) in [6, 6.07) is 18.6. The Kier molecular flexibility index (Phi) is 7.15. The van der Waals surface area contributed by atoms with Crippen molar-refractivity contribution < 1.29 is 9.47 Å². The van der Waals surface area contributed by atoms with Gasteiger partial charge in [-0.2, -0.15) is 0 Å². The molecule has 132 valence electrons. The van der Waals surface area contributed by atoms with Gasteiger partial charge in [0.2, 0.25) is 0 Å². The minimum absolute atomic E-state index is 0.862. The fourth-order valence-electron chi connectivity index (χ4n) is 2.75. The average molecular weight is 337 g/mol. The van der Waals surface area contributed by atoms with Gasteiger partial charge < -0.3 is 14.4 Å². The lowest BCUT2D eigenvalue weighted by Gasteiger charge is -2.29. The molecule has 1 aliphatic carbocycles. The second-order valence-electron chi connectivity index (χ2n) is 5.36. The molecule has 2 aromatic carbocycles. The Morgan fingerprint density at radius 3 is 1.88 bits per heavy atom. The zero-order valence-corrected chi connectivity index (χ0v) is 15.5. The molecule has 0 N–H and O–H groups in total. The number of methoxy groups -OCH3 is 2. The van der Waals surface area contributed by atoms with E-state index in [0.29, 0.717) is 0 Å². The zero-order chi connectivity index (χ0) is 18.1. The summed E-state index contributed by atoms with van der Waals surface area (Å²) in [5.74, 6) is 1.89.